The highest BCUT2D eigenvalue weighted by atomic mass is 32.2. The Morgan fingerprint density at radius 1 is 1.00 bits per heavy atom. The third-order valence-electron chi connectivity index (χ3n) is 5.21. The SMILES string of the molecule is CS(=O)(=O)Nc1cccc(-c2cnc3c(c2)C(C(=O)c2c(F)ccc(NS(C)(=O)=O)c2F)CN3)c1. The van der Waals surface area contributed by atoms with Crippen LogP contribution in [-0.4, -0.2) is 46.7 Å². The lowest BCUT2D eigenvalue weighted by atomic mass is 9.91. The largest absolute Gasteiger partial charge is 0.369 e. The summed E-state index contributed by atoms with van der Waals surface area (Å²) in [5.41, 5.74) is 0.484. The van der Waals surface area contributed by atoms with Crippen molar-refractivity contribution in [3.05, 3.63) is 71.4 Å². The monoisotopic (exact) mass is 522 g/mol. The second kappa shape index (κ2) is 8.89. The molecule has 3 aromatic rings. The number of nitrogens with one attached hydrogen (secondary N) is 3. The first kappa shape index (κ1) is 24.5. The van der Waals surface area contributed by atoms with Gasteiger partial charge in [0.2, 0.25) is 20.0 Å². The van der Waals surface area contributed by atoms with Crippen molar-refractivity contribution in [3.63, 3.8) is 0 Å². The maximum absolute atomic E-state index is 15.0. The average Bonchev–Trinajstić information content (AvgIpc) is 3.17. The molecule has 1 atom stereocenters. The van der Waals surface area contributed by atoms with E-state index >= 15 is 0 Å². The van der Waals surface area contributed by atoms with Crippen molar-refractivity contribution >= 4 is 43.0 Å². The number of sulfonamides is 2. The van der Waals surface area contributed by atoms with Crippen LogP contribution in [0.2, 0.25) is 0 Å². The number of aromatic nitrogens is 1. The molecular weight excluding hydrogens is 502 g/mol. The van der Waals surface area contributed by atoms with Crippen LogP contribution >= 0.6 is 0 Å². The first-order valence-electron chi connectivity index (χ1n) is 10.1. The van der Waals surface area contributed by atoms with E-state index in [0.29, 0.717) is 28.2 Å². The molecule has 0 saturated heterocycles. The molecule has 0 amide bonds. The minimum atomic E-state index is -3.86. The molecule has 3 N–H and O–H groups in total. The number of anilines is 3. The summed E-state index contributed by atoms with van der Waals surface area (Å²) in [6.07, 6.45) is 3.36. The maximum Gasteiger partial charge on any atom is 0.229 e. The van der Waals surface area contributed by atoms with E-state index in [-0.39, 0.29) is 6.54 Å². The second-order valence-electron chi connectivity index (χ2n) is 8.07. The third kappa shape index (κ3) is 5.41. The summed E-state index contributed by atoms with van der Waals surface area (Å²) in [5.74, 6) is -3.94. The van der Waals surface area contributed by atoms with Crippen LogP contribution in [0.25, 0.3) is 11.1 Å². The molecule has 0 aliphatic carbocycles. The van der Waals surface area contributed by atoms with Crippen LogP contribution in [0.15, 0.2) is 48.7 Å². The molecule has 13 heteroatoms. The van der Waals surface area contributed by atoms with Gasteiger partial charge in [0.15, 0.2) is 11.6 Å². The highest BCUT2D eigenvalue weighted by molar-refractivity contribution is 7.92. The Morgan fingerprint density at radius 2 is 1.71 bits per heavy atom. The number of hydrogen-bond acceptors (Lipinski definition) is 7. The minimum absolute atomic E-state index is 0.0307. The number of halogens is 2. The van der Waals surface area contributed by atoms with E-state index in [1.807, 2.05) is 4.72 Å². The zero-order valence-electron chi connectivity index (χ0n) is 18.5. The Morgan fingerprint density at radius 3 is 2.40 bits per heavy atom. The summed E-state index contributed by atoms with van der Waals surface area (Å²) >= 11 is 0. The number of fused-ring (bicyclic) bond motifs is 1. The van der Waals surface area contributed by atoms with Crippen molar-refractivity contribution in [2.45, 2.75) is 5.92 Å². The van der Waals surface area contributed by atoms with E-state index in [1.165, 1.54) is 6.20 Å². The van der Waals surface area contributed by atoms with Gasteiger partial charge in [-0.05, 0) is 35.9 Å². The van der Waals surface area contributed by atoms with Crippen LogP contribution in [0.3, 0.4) is 0 Å². The standard InChI is InChI=1S/C22H20F2N4O5S2/c1-34(30,31)27-14-5-3-4-12(8-14)13-9-15-16(11-26-22(15)25-10-13)21(29)19-17(23)6-7-18(20(19)24)28-35(2,32)33/h3-10,16,27-28H,11H2,1-2H3,(H,25,26). The Labute approximate surface area is 200 Å². The lowest BCUT2D eigenvalue weighted by molar-refractivity contribution is 0.0958. The molecule has 35 heavy (non-hydrogen) atoms. The number of Topliss-reactive ketones (excluding diaryl/α,β-unsaturated/α-hetero) is 1. The molecule has 4 rings (SSSR count). The topological polar surface area (TPSA) is 134 Å². The Kier molecular flexibility index (Phi) is 6.23. The third-order valence-corrected chi connectivity index (χ3v) is 6.41. The molecule has 2 heterocycles. The zero-order valence-corrected chi connectivity index (χ0v) is 20.1. The Bertz CT molecular complexity index is 1560. The highest BCUT2D eigenvalue weighted by Crippen LogP contribution is 2.37. The predicted molar refractivity (Wildman–Crippen MR) is 129 cm³/mol. The number of carbonyl (C=O) groups is 1. The van der Waals surface area contributed by atoms with Crippen molar-refractivity contribution in [2.24, 2.45) is 0 Å². The predicted octanol–water partition coefficient (Wildman–Crippen LogP) is 3.16. The van der Waals surface area contributed by atoms with E-state index < -0.39 is 54.6 Å². The van der Waals surface area contributed by atoms with Gasteiger partial charge < -0.3 is 5.32 Å². The van der Waals surface area contributed by atoms with Crippen molar-refractivity contribution in [3.8, 4) is 11.1 Å². The lowest BCUT2D eigenvalue weighted by Gasteiger charge is -2.14. The molecule has 1 aromatic heterocycles. The van der Waals surface area contributed by atoms with Crippen LogP contribution in [0, 0.1) is 11.6 Å². The van der Waals surface area contributed by atoms with E-state index in [1.54, 1.807) is 30.3 Å². The number of ketones is 1. The molecule has 1 aliphatic rings. The van der Waals surface area contributed by atoms with Crippen LogP contribution < -0.4 is 14.8 Å². The van der Waals surface area contributed by atoms with E-state index in [9.17, 15) is 30.4 Å². The normalized spacial score (nSPS) is 15.3. The van der Waals surface area contributed by atoms with Gasteiger partial charge in [0.1, 0.15) is 11.6 Å². The molecule has 184 valence electrons. The van der Waals surface area contributed by atoms with Crippen molar-refractivity contribution in [2.75, 3.05) is 33.8 Å². The van der Waals surface area contributed by atoms with Crippen LogP contribution in [-0.2, 0) is 20.0 Å². The van der Waals surface area contributed by atoms with Crippen LogP contribution in [0.5, 0.6) is 0 Å². The van der Waals surface area contributed by atoms with Gasteiger partial charge in [-0.3, -0.25) is 14.2 Å². The summed E-state index contributed by atoms with van der Waals surface area (Å²) in [6, 6.07) is 9.88. The van der Waals surface area contributed by atoms with Gasteiger partial charge >= 0.3 is 0 Å². The Hall–Kier alpha value is -3.58. The highest BCUT2D eigenvalue weighted by Gasteiger charge is 2.34. The number of carbonyl (C=O) groups excluding carboxylic acids is 1. The number of benzene rings is 2. The summed E-state index contributed by atoms with van der Waals surface area (Å²) in [5, 5.41) is 2.93. The smallest absolute Gasteiger partial charge is 0.229 e. The van der Waals surface area contributed by atoms with Gasteiger partial charge in [0, 0.05) is 29.6 Å². The number of nitrogens with zero attached hydrogens (tertiary/aromatic N) is 1. The molecule has 1 unspecified atom stereocenters. The fraction of sp³-hybridized carbons (Fsp3) is 0.182. The molecule has 1 aliphatic heterocycles. The van der Waals surface area contributed by atoms with Gasteiger partial charge in [-0.15, -0.1) is 0 Å². The second-order valence-corrected chi connectivity index (χ2v) is 11.6. The van der Waals surface area contributed by atoms with Crippen molar-refractivity contribution in [1.29, 1.82) is 0 Å². The molecule has 0 radical (unpaired) electrons. The molecule has 0 spiro atoms. The quantitative estimate of drug-likeness (QED) is 0.406. The van der Waals surface area contributed by atoms with E-state index in [4.69, 9.17) is 0 Å². The zero-order chi connectivity index (χ0) is 25.5. The molecule has 0 bridgehead atoms. The fourth-order valence-corrected chi connectivity index (χ4v) is 4.92. The summed E-state index contributed by atoms with van der Waals surface area (Å²) in [7, 11) is -7.36. The van der Waals surface area contributed by atoms with Gasteiger partial charge in [-0.25, -0.2) is 30.6 Å². The summed E-state index contributed by atoms with van der Waals surface area (Å²) < 4.78 is 79.9. The number of pyridine rings is 1. The molecule has 0 fully saturated rings. The lowest BCUT2D eigenvalue weighted by Crippen LogP contribution is -2.20. The summed E-state index contributed by atoms with van der Waals surface area (Å²) in [6.45, 7) is 0.0307. The number of rotatable bonds is 7. The molecule has 9 nitrogen and oxygen atoms in total. The van der Waals surface area contributed by atoms with Gasteiger partial charge in [-0.2, -0.15) is 0 Å². The average molecular weight is 523 g/mol. The molecule has 0 saturated carbocycles. The van der Waals surface area contributed by atoms with Crippen molar-refractivity contribution in [1.82, 2.24) is 4.98 Å². The van der Waals surface area contributed by atoms with Crippen molar-refractivity contribution < 1.29 is 30.4 Å². The maximum atomic E-state index is 15.0. The van der Waals surface area contributed by atoms with Gasteiger partial charge in [0.25, 0.3) is 0 Å². The first-order chi connectivity index (χ1) is 16.3. The Balaban J connectivity index is 1.71. The first-order valence-corrected chi connectivity index (χ1v) is 13.9. The van der Waals surface area contributed by atoms with Crippen LogP contribution in [0.4, 0.5) is 26.0 Å². The summed E-state index contributed by atoms with van der Waals surface area (Å²) in [4.78, 5) is 17.5. The van der Waals surface area contributed by atoms with E-state index in [0.717, 1.165) is 24.6 Å². The fourth-order valence-electron chi connectivity index (χ4n) is 3.80. The number of hydrogen-bond donors (Lipinski definition) is 3. The van der Waals surface area contributed by atoms with Gasteiger partial charge in [-0.1, -0.05) is 12.1 Å². The van der Waals surface area contributed by atoms with E-state index in [2.05, 4.69) is 15.0 Å². The molecule has 2 aromatic carbocycles. The molecular formula is C22H20F2N4O5S2. The van der Waals surface area contributed by atoms with Crippen LogP contribution in [0.1, 0.15) is 21.8 Å². The minimum Gasteiger partial charge on any atom is -0.369 e. The van der Waals surface area contributed by atoms with Gasteiger partial charge in [0.05, 0.1) is 29.7 Å².